The monoisotopic (exact) mass is 628 g/mol. The molecule has 1 aliphatic rings. The van der Waals surface area contributed by atoms with Crippen LogP contribution in [0.5, 0.6) is 5.75 Å². The Morgan fingerprint density at radius 1 is 0.870 bits per heavy atom. The van der Waals surface area contributed by atoms with Crippen LogP contribution in [-0.2, 0) is 27.2 Å². The van der Waals surface area contributed by atoms with Crippen molar-refractivity contribution in [3.8, 4) is 5.75 Å². The Balaban J connectivity index is 1.56. The number of ketones is 1. The van der Waals surface area contributed by atoms with E-state index in [2.05, 4.69) is 20.9 Å². The van der Waals surface area contributed by atoms with Crippen LogP contribution in [0.25, 0.3) is 0 Å². The fourth-order valence-corrected chi connectivity index (χ4v) is 6.09. The Bertz CT molecular complexity index is 1410. The van der Waals surface area contributed by atoms with Crippen molar-refractivity contribution in [2.75, 3.05) is 26.4 Å². The molecule has 4 N–H and O–H groups in total. The van der Waals surface area contributed by atoms with Crippen LogP contribution in [0.1, 0.15) is 42.5 Å². The molecule has 0 aliphatic carbocycles. The number of benzene rings is 3. The van der Waals surface area contributed by atoms with Gasteiger partial charge in [0, 0.05) is 13.2 Å². The van der Waals surface area contributed by atoms with Crippen molar-refractivity contribution >= 4 is 17.6 Å². The Hall–Kier alpha value is -4.05. The van der Waals surface area contributed by atoms with Crippen molar-refractivity contribution in [1.29, 1.82) is 0 Å². The molecule has 2 amide bonds. The molecule has 3 aromatic carbocycles. The van der Waals surface area contributed by atoms with Gasteiger partial charge in [0.25, 0.3) is 5.91 Å². The molecule has 0 spiro atoms. The second-order valence-electron chi connectivity index (χ2n) is 12.5. The molecular weight excluding hydrogens is 580 g/mol. The topological polar surface area (TPSA) is 120 Å². The number of Topliss-reactive ketones (excluding diaryl/α,β-unsaturated/α-hetero) is 1. The zero-order chi connectivity index (χ0) is 33.1. The summed E-state index contributed by atoms with van der Waals surface area (Å²) in [6, 6.07) is 22.1. The largest absolute Gasteiger partial charge is 0.483 e. The highest BCUT2D eigenvalue weighted by Crippen LogP contribution is 2.22. The van der Waals surface area contributed by atoms with Crippen molar-refractivity contribution in [3.63, 3.8) is 0 Å². The third kappa shape index (κ3) is 9.72. The van der Waals surface area contributed by atoms with Gasteiger partial charge in [-0.2, -0.15) is 0 Å². The van der Waals surface area contributed by atoms with Gasteiger partial charge in [-0.05, 0) is 67.8 Å². The first-order valence-electron chi connectivity index (χ1n) is 16.2. The van der Waals surface area contributed by atoms with Crippen molar-refractivity contribution < 1.29 is 24.2 Å². The number of aliphatic hydroxyl groups is 1. The average Bonchev–Trinajstić information content (AvgIpc) is 3.04. The highest BCUT2D eigenvalue weighted by atomic mass is 16.5. The summed E-state index contributed by atoms with van der Waals surface area (Å²) in [4.78, 5) is 43.3. The number of aliphatic hydroxyl groups excluding tert-OH is 1. The van der Waals surface area contributed by atoms with Gasteiger partial charge in [-0.3, -0.25) is 19.3 Å². The molecule has 9 heteroatoms. The van der Waals surface area contributed by atoms with Crippen molar-refractivity contribution in [1.82, 2.24) is 20.9 Å². The molecule has 0 bridgehead atoms. The molecule has 246 valence electrons. The molecule has 9 nitrogen and oxygen atoms in total. The number of carbonyl (C=O) groups is 3. The van der Waals surface area contributed by atoms with Gasteiger partial charge in [0.1, 0.15) is 11.9 Å². The molecule has 4 rings (SSSR count). The molecule has 1 aliphatic heterocycles. The fourth-order valence-electron chi connectivity index (χ4n) is 6.09. The van der Waals surface area contributed by atoms with Gasteiger partial charge >= 0.3 is 0 Å². The number of nitrogens with one attached hydrogen (secondary N) is 3. The minimum Gasteiger partial charge on any atom is -0.483 e. The van der Waals surface area contributed by atoms with Crippen LogP contribution in [0.2, 0.25) is 0 Å². The van der Waals surface area contributed by atoms with Gasteiger partial charge in [0.2, 0.25) is 5.91 Å². The van der Waals surface area contributed by atoms with E-state index in [9.17, 15) is 19.5 Å². The number of amides is 2. The van der Waals surface area contributed by atoms with Crippen LogP contribution in [0.3, 0.4) is 0 Å². The predicted molar refractivity (Wildman–Crippen MR) is 179 cm³/mol. The van der Waals surface area contributed by atoms with Gasteiger partial charge in [0.05, 0.1) is 18.1 Å². The molecule has 0 unspecified atom stereocenters. The summed E-state index contributed by atoms with van der Waals surface area (Å²) < 4.78 is 5.86. The minimum atomic E-state index is -1.59. The standard InChI is InChI=1S/C37H48N4O5/c1-25(2)33(41-20-12-19-38-24-41)37(45)40-31(22-29-17-9-6-10-18-29)35(44)34(43)30(21-28-15-7-5-8-16-28)39-32(42)23-46-36-26(3)13-11-14-27(36)4/h5-11,13-18,25,30-31,33-34,38,43H,12,19-24H2,1-4H3,(H,39,42)(H,40,45)/t30-,31-,33+,34+/m1/s1. The summed E-state index contributed by atoms with van der Waals surface area (Å²) in [7, 11) is 0. The van der Waals surface area contributed by atoms with Crippen LogP contribution >= 0.6 is 0 Å². The summed E-state index contributed by atoms with van der Waals surface area (Å²) in [5.74, 6) is -0.654. The second-order valence-corrected chi connectivity index (χ2v) is 12.5. The first-order valence-corrected chi connectivity index (χ1v) is 16.2. The number of para-hydroxylation sites is 1. The van der Waals surface area contributed by atoms with Crippen LogP contribution in [0, 0.1) is 19.8 Å². The number of rotatable bonds is 15. The lowest BCUT2D eigenvalue weighted by Gasteiger charge is -2.37. The molecular formula is C37H48N4O5. The van der Waals surface area contributed by atoms with E-state index in [1.54, 1.807) is 0 Å². The Kier molecular flexibility index (Phi) is 12.9. The number of carbonyl (C=O) groups excluding carboxylic acids is 3. The molecule has 46 heavy (non-hydrogen) atoms. The zero-order valence-electron chi connectivity index (χ0n) is 27.4. The van der Waals surface area contributed by atoms with Crippen molar-refractivity contribution in [3.05, 3.63) is 101 Å². The van der Waals surface area contributed by atoms with E-state index in [0.717, 1.165) is 41.8 Å². The Morgan fingerprint density at radius 3 is 2.04 bits per heavy atom. The number of ether oxygens (including phenoxy) is 1. The maximum atomic E-state index is 14.2. The second kappa shape index (κ2) is 17.0. The lowest BCUT2D eigenvalue weighted by molar-refractivity contribution is -0.137. The predicted octanol–water partition coefficient (Wildman–Crippen LogP) is 3.34. The average molecular weight is 629 g/mol. The van der Waals surface area contributed by atoms with Crippen LogP contribution in [0.15, 0.2) is 78.9 Å². The Morgan fingerprint density at radius 2 is 1.48 bits per heavy atom. The minimum absolute atomic E-state index is 0.000642. The van der Waals surface area contributed by atoms with Crippen LogP contribution in [-0.4, -0.2) is 78.2 Å². The lowest BCUT2D eigenvalue weighted by atomic mass is 9.91. The zero-order valence-corrected chi connectivity index (χ0v) is 27.4. The smallest absolute Gasteiger partial charge is 0.258 e. The van der Waals surface area contributed by atoms with Gasteiger partial charge in [0.15, 0.2) is 12.4 Å². The highest BCUT2D eigenvalue weighted by molar-refractivity contribution is 5.94. The summed E-state index contributed by atoms with van der Waals surface area (Å²) in [6.07, 6.45) is -0.251. The van der Waals surface area contributed by atoms with E-state index in [-0.39, 0.29) is 31.3 Å². The maximum absolute atomic E-state index is 14.2. The van der Waals surface area contributed by atoms with Gasteiger partial charge in [-0.25, -0.2) is 0 Å². The molecule has 3 aromatic rings. The number of hydrogen-bond acceptors (Lipinski definition) is 7. The van der Waals surface area contributed by atoms with E-state index in [4.69, 9.17) is 4.74 Å². The SMILES string of the molecule is Cc1cccc(C)c1OCC(=O)N[C@H](Cc1ccccc1)[C@H](O)C(=O)[C@@H](Cc1ccccc1)NC(=O)[C@H](C(C)C)N1CCCNC1. The van der Waals surface area contributed by atoms with Crippen LogP contribution in [0.4, 0.5) is 0 Å². The van der Waals surface area contributed by atoms with Crippen LogP contribution < -0.4 is 20.7 Å². The molecule has 0 aromatic heterocycles. The first kappa shape index (κ1) is 34.8. The lowest BCUT2D eigenvalue weighted by Crippen LogP contribution is -2.60. The van der Waals surface area contributed by atoms with Gasteiger partial charge in [-0.1, -0.05) is 92.7 Å². The highest BCUT2D eigenvalue weighted by Gasteiger charge is 2.37. The van der Waals surface area contributed by atoms with Gasteiger partial charge in [-0.15, -0.1) is 0 Å². The van der Waals surface area contributed by atoms with E-state index in [1.165, 1.54) is 0 Å². The summed E-state index contributed by atoms with van der Waals surface area (Å²) in [5, 5.41) is 20.8. The summed E-state index contributed by atoms with van der Waals surface area (Å²) in [5.41, 5.74) is 3.50. The van der Waals surface area contributed by atoms with Crippen molar-refractivity contribution in [2.24, 2.45) is 5.92 Å². The maximum Gasteiger partial charge on any atom is 0.258 e. The van der Waals surface area contributed by atoms with E-state index in [1.807, 2.05) is 107 Å². The number of aryl methyl sites for hydroxylation is 2. The Labute approximate surface area is 272 Å². The molecule has 4 atom stereocenters. The third-order valence-electron chi connectivity index (χ3n) is 8.42. The summed E-state index contributed by atoms with van der Waals surface area (Å²) >= 11 is 0. The van der Waals surface area contributed by atoms with E-state index >= 15 is 0 Å². The van der Waals surface area contributed by atoms with E-state index in [0.29, 0.717) is 12.4 Å². The molecule has 1 heterocycles. The third-order valence-corrected chi connectivity index (χ3v) is 8.42. The molecule has 0 saturated carbocycles. The normalized spacial score (nSPS) is 16.2. The van der Waals surface area contributed by atoms with E-state index < -0.39 is 35.9 Å². The molecule has 1 saturated heterocycles. The first-order chi connectivity index (χ1) is 22.1. The summed E-state index contributed by atoms with van der Waals surface area (Å²) in [6.45, 7) is 9.79. The van der Waals surface area contributed by atoms with Crippen molar-refractivity contribution in [2.45, 2.75) is 71.2 Å². The number of hydrogen-bond donors (Lipinski definition) is 4. The quantitative estimate of drug-likeness (QED) is 0.204. The van der Waals surface area contributed by atoms with Gasteiger partial charge < -0.3 is 25.8 Å². The number of nitrogens with zero attached hydrogens (tertiary/aromatic N) is 1. The molecule has 0 radical (unpaired) electrons. The molecule has 1 fully saturated rings. The fraction of sp³-hybridized carbons (Fsp3) is 0.432.